The molecule has 0 N–H and O–H groups in total. The number of hydrogen-bond donors (Lipinski definition) is 0. The van der Waals surface area contributed by atoms with E-state index in [1.807, 2.05) is 0 Å². The van der Waals surface area contributed by atoms with Crippen LogP contribution in [0.15, 0.2) is 23.1 Å². The highest BCUT2D eigenvalue weighted by atomic mass is 19.4. The van der Waals surface area contributed by atoms with Gasteiger partial charge in [0.1, 0.15) is 5.57 Å². The molecule has 0 nitrogen and oxygen atoms in total. The lowest BCUT2D eigenvalue weighted by Gasteiger charge is -2.41. The maximum Gasteiger partial charge on any atom is 0.416 e. The molecule has 32 heavy (non-hydrogen) atoms. The van der Waals surface area contributed by atoms with Gasteiger partial charge in [-0.3, -0.25) is 0 Å². The van der Waals surface area contributed by atoms with Gasteiger partial charge in [-0.2, -0.15) is 83.4 Å². The van der Waals surface area contributed by atoms with Gasteiger partial charge in [0.2, 0.25) is 0 Å². The highest BCUT2D eigenvalue weighted by Crippen LogP contribution is 2.71. The third-order valence-electron chi connectivity index (χ3n) is 4.08. The van der Waals surface area contributed by atoms with Gasteiger partial charge in [-0.05, 0) is 0 Å². The van der Waals surface area contributed by atoms with E-state index in [0.717, 1.165) is 0 Å². The van der Waals surface area contributed by atoms with E-state index in [1.165, 1.54) is 0 Å². The summed E-state index contributed by atoms with van der Waals surface area (Å²) in [4.78, 5) is 0. The summed E-state index contributed by atoms with van der Waals surface area (Å²) in [6.45, 7) is 0. The molecule has 1 aliphatic carbocycles. The number of rotatable bonds is 1. The van der Waals surface area contributed by atoms with Gasteiger partial charge >= 0.3 is 42.2 Å². The van der Waals surface area contributed by atoms with Crippen LogP contribution in [-0.4, -0.2) is 42.2 Å². The van der Waals surface area contributed by atoms with Crippen LogP contribution in [0.4, 0.5) is 87.8 Å². The Kier molecular flexibility index (Phi) is 5.97. The Bertz CT molecular complexity index is 786. The van der Waals surface area contributed by atoms with Crippen molar-refractivity contribution in [2.45, 2.75) is 42.2 Å². The summed E-state index contributed by atoms with van der Waals surface area (Å²) in [6, 6.07) is 0. The SMILES string of the molecule is FC(F)=C1C(C(C(F)(F)F)(C(F)(F)F)C(F)(F)F)=C(F)C(F)(F)C(F)(F)C(F)(F)C1(F)F. The van der Waals surface area contributed by atoms with E-state index in [4.69, 9.17) is 0 Å². The van der Waals surface area contributed by atoms with Gasteiger partial charge in [0.25, 0.3) is 11.5 Å². The first-order valence-corrected chi connectivity index (χ1v) is 6.78. The molecule has 188 valence electrons. The minimum atomic E-state index is -8.51. The Morgan fingerprint density at radius 3 is 1.06 bits per heavy atom. The van der Waals surface area contributed by atoms with E-state index in [1.54, 1.807) is 0 Å². The average Bonchev–Trinajstić information content (AvgIpc) is 2.49. The Labute approximate surface area is 160 Å². The average molecular weight is 524 g/mol. The molecule has 0 saturated carbocycles. The second-order valence-electron chi connectivity index (χ2n) is 5.87. The lowest BCUT2D eigenvalue weighted by Crippen LogP contribution is -2.62. The molecule has 0 amide bonds. The van der Waals surface area contributed by atoms with E-state index < -0.39 is 70.7 Å². The number of halogens is 20. The van der Waals surface area contributed by atoms with Crippen LogP contribution in [0, 0.1) is 5.41 Å². The van der Waals surface area contributed by atoms with E-state index >= 15 is 0 Å². The van der Waals surface area contributed by atoms with Crippen LogP contribution in [0.1, 0.15) is 0 Å². The second kappa shape index (κ2) is 6.80. The van der Waals surface area contributed by atoms with Crippen molar-refractivity contribution in [2.75, 3.05) is 0 Å². The van der Waals surface area contributed by atoms with E-state index in [0.29, 0.717) is 0 Å². The molecule has 20 heteroatoms. The predicted molar refractivity (Wildman–Crippen MR) is 57.8 cm³/mol. The first-order chi connectivity index (χ1) is 13.6. The first-order valence-electron chi connectivity index (χ1n) is 6.78. The minimum absolute atomic E-state index is 5.16. The molecule has 0 fully saturated rings. The Balaban J connectivity index is 4.73. The zero-order valence-electron chi connectivity index (χ0n) is 13.6. The van der Waals surface area contributed by atoms with Crippen molar-refractivity contribution >= 4 is 0 Å². The van der Waals surface area contributed by atoms with Crippen LogP contribution < -0.4 is 0 Å². The van der Waals surface area contributed by atoms with Crippen molar-refractivity contribution in [2.24, 2.45) is 5.41 Å². The van der Waals surface area contributed by atoms with Gasteiger partial charge < -0.3 is 0 Å². The molecule has 0 heterocycles. The molecule has 0 radical (unpaired) electrons. The van der Waals surface area contributed by atoms with Crippen LogP contribution in [0.2, 0.25) is 0 Å². The number of hydrogen-bond acceptors (Lipinski definition) is 0. The monoisotopic (exact) mass is 524 g/mol. The fourth-order valence-electron chi connectivity index (χ4n) is 2.59. The van der Waals surface area contributed by atoms with Crippen LogP contribution >= 0.6 is 0 Å². The molecule has 1 aliphatic rings. The quantitative estimate of drug-likeness (QED) is 0.311. The Morgan fingerprint density at radius 1 is 0.531 bits per heavy atom. The van der Waals surface area contributed by atoms with Crippen LogP contribution in [-0.2, 0) is 0 Å². The van der Waals surface area contributed by atoms with E-state index in [9.17, 15) is 87.8 Å². The molecular weight excluding hydrogens is 524 g/mol. The molecule has 0 bridgehead atoms. The normalized spacial score (nSPS) is 23.8. The highest BCUT2D eigenvalue weighted by Gasteiger charge is 2.92. The third-order valence-corrected chi connectivity index (χ3v) is 4.08. The van der Waals surface area contributed by atoms with E-state index in [2.05, 4.69) is 0 Å². The van der Waals surface area contributed by atoms with Crippen molar-refractivity contribution < 1.29 is 87.8 Å². The topological polar surface area (TPSA) is 0 Å². The molecule has 0 aromatic carbocycles. The molecule has 0 spiro atoms. The van der Waals surface area contributed by atoms with Gasteiger partial charge in [-0.1, -0.05) is 0 Å². The lowest BCUT2D eigenvalue weighted by molar-refractivity contribution is -0.411. The fraction of sp³-hybridized carbons (Fsp3) is 0.667. The van der Waals surface area contributed by atoms with Crippen molar-refractivity contribution in [3.63, 3.8) is 0 Å². The summed E-state index contributed by atoms with van der Waals surface area (Å²) in [5.41, 5.74) is -19.4. The van der Waals surface area contributed by atoms with Gasteiger partial charge in [-0.15, -0.1) is 0 Å². The summed E-state index contributed by atoms with van der Waals surface area (Å²) >= 11 is 0. The molecule has 0 saturated heterocycles. The second-order valence-corrected chi connectivity index (χ2v) is 5.87. The Hall–Kier alpha value is -1.92. The first kappa shape index (κ1) is 28.1. The maximum atomic E-state index is 13.9. The highest BCUT2D eigenvalue weighted by molar-refractivity contribution is 5.52. The zero-order valence-corrected chi connectivity index (χ0v) is 13.6. The number of alkyl halides is 17. The predicted octanol–water partition coefficient (Wildman–Crippen LogP) is 7.59. The van der Waals surface area contributed by atoms with Gasteiger partial charge in [0.15, 0.2) is 5.83 Å². The molecule has 1 rings (SSSR count). The maximum absolute atomic E-state index is 13.9. The summed E-state index contributed by atoms with van der Waals surface area (Å²) in [6.07, 6.45) is -30.4. The van der Waals surface area contributed by atoms with E-state index in [-0.39, 0.29) is 0 Å². The van der Waals surface area contributed by atoms with Crippen molar-refractivity contribution in [3.8, 4) is 0 Å². The van der Waals surface area contributed by atoms with Crippen molar-refractivity contribution in [1.29, 1.82) is 0 Å². The third kappa shape index (κ3) is 3.06. The van der Waals surface area contributed by atoms with Gasteiger partial charge in [0.05, 0.1) is 0 Å². The molecule has 0 atom stereocenters. The Morgan fingerprint density at radius 2 is 0.812 bits per heavy atom. The van der Waals surface area contributed by atoms with Gasteiger partial charge in [0, 0.05) is 5.57 Å². The lowest BCUT2D eigenvalue weighted by atomic mass is 9.72. The molecule has 0 aromatic heterocycles. The summed E-state index contributed by atoms with van der Waals surface area (Å²) in [7, 11) is 0. The summed E-state index contributed by atoms with van der Waals surface area (Å²) < 4.78 is 264. The summed E-state index contributed by atoms with van der Waals surface area (Å²) in [5, 5.41) is 0. The van der Waals surface area contributed by atoms with Crippen LogP contribution in [0.25, 0.3) is 0 Å². The zero-order chi connectivity index (χ0) is 26.3. The molecule has 0 unspecified atom stereocenters. The fourth-order valence-corrected chi connectivity index (χ4v) is 2.59. The molecule has 0 aromatic rings. The smallest absolute Gasteiger partial charge is 0.205 e. The van der Waals surface area contributed by atoms with Crippen molar-refractivity contribution in [1.82, 2.24) is 0 Å². The minimum Gasteiger partial charge on any atom is -0.205 e. The van der Waals surface area contributed by atoms with Crippen molar-refractivity contribution in [3.05, 3.63) is 23.1 Å². The molecule has 0 aliphatic heterocycles. The van der Waals surface area contributed by atoms with Crippen LogP contribution in [0.3, 0.4) is 0 Å². The summed E-state index contributed by atoms with van der Waals surface area (Å²) in [5.74, 6) is -37.9. The largest absolute Gasteiger partial charge is 0.416 e. The van der Waals surface area contributed by atoms with Crippen LogP contribution in [0.5, 0.6) is 0 Å². The number of allylic oxidation sites excluding steroid dienone is 3. The standard InChI is InChI=1S/C12F20/c13-3-1(5(10(24,25)26,11(27,28)29)12(30,31)32)2(4(14)15)6(16,17)8(20,21)9(22,23)7(3,18)19. The van der Waals surface area contributed by atoms with Gasteiger partial charge in [-0.25, -0.2) is 4.39 Å². The molecular formula is C12F20.